The summed E-state index contributed by atoms with van der Waals surface area (Å²) in [5.74, 6) is 0.987. The van der Waals surface area contributed by atoms with Crippen LogP contribution in [0, 0.1) is 5.82 Å². The molecule has 220 valence electrons. The highest BCUT2D eigenvalue weighted by Crippen LogP contribution is 2.43. The second-order valence-corrected chi connectivity index (χ2v) is 10.7. The average Bonchev–Trinajstić information content (AvgIpc) is 3.54. The zero-order valence-corrected chi connectivity index (χ0v) is 27.1. The SMILES string of the molecule is CC.CC(C)(C)OC(=O)N1CCC(n2c(Br)c(-c3ccc(Oc4cccc(F)c4)cc3)c3c(N)ncnc32)C1.CP. The van der Waals surface area contributed by atoms with Gasteiger partial charge >= 0.3 is 6.09 Å². The van der Waals surface area contributed by atoms with Gasteiger partial charge < -0.3 is 24.7 Å². The number of aromatic nitrogens is 3. The standard InChI is InChI=1S/C27H27BrFN5O3.C2H6.CH5P/c1-27(2,3)37-26(35)33-12-11-18(14-33)34-23(28)21(22-24(30)31-15-32-25(22)34)16-7-9-19(10-8-16)36-20-6-4-5-17(29)13-20;2*1-2/h4-10,13,15,18H,11-12,14H2,1-3H3,(H2,30,31,32);1-2H3;2H2,1H3. The Hall–Kier alpha value is -3.23. The van der Waals surface area contributed by atoms with Gasteiger partial charge in [-0.05, 0) is 73.0 Å². The highest BCUT2D eigenvalue weighted by atomic mass is 79.9. The van der Waals surface area contributed by atoms with Crippen LogP contribution in [0.1, 0.15) is 47.1 Å². The first-order valence-corrected chi connectivity index (χ1v) is 15.4. The molecule has 1 fully saturated rings. The van der Waals surface area contributed by atoms with Gasteiger partial charge in [0.05, 0.1) is 16.0 Å². The highest BCUT2D eigenvalue weighted by Gasteiger charge is 2.34. The minimum atomic E-state index is -0.560. The van der Waals surface area contributed by atoms with Crippen molar-refractivity contribution in [2.45, 2.75) is 52.7 Å². The number of hydrogen-bond acceptors (Lipinski definition) is 6. The largest absolute Gasteiger partial charge is 0.457 e. The molecule has 11 heteroatoms. The number of nitrogen functional groups attached to an aromatic ring is 1. The topological polar surface area (TPSA) is 95.5 Å². The van der Waals surface area contributed by atoms with Crippen LogP contribution >= 0.6 is 25.2 Å². The number of nitrogens with two attached hydrogens (primary N) is 1. The number of halogens is 2. The smallest absolute Gasteiger partial charge is 0.410 e. The van der Waals surface area contributed by atoms with Gasteiger partial charge in [-0.2, -0.15) is 0 Å². The second kappa shape index (κ2) is 14.1. The molecule has 0 spiro atoms. The zero-order valence-electron chi connectivity index (χ0n) is 24.3. The van der Waals surface area contributed by atoms with Crippen molar-refractivity contribution in [1.82, 2.24) is 19.4 Å². The van der Waals surface area contributed by atoms with E-state index in [-0.39, 0.29) is 18.0 Å². The summed E-state index contributed by atoms with van der Waals surface area (Å²) in [4.78, 5) is 23.2. The van der Waals surface area contributed by atoms with Crippen LogP contribution in [0.25, 0.3) is 22.2 Å². The Bertz CT molecular complexity index is 1470. The van der Waals surface area contributed by atoms with Crippen molar-refractivity contribution in [3.05, 3.63) is 65.3 Å². The van der Waals surface area contributed by atoms with Gasteiger partial charge in [0.15, 0.2) is 0 Å². The van der Waals surface area contributed by atoms with E-state index in [4.69, 9.17) is 15.2 Å². The van der Waals surface area contributed by atoms with Crippen molar-refractivity contribution in [3.8, 4) is 22.6 Å². The molecule has 0 saturated carbocycles. The summed E-state index contributed by atoms with van der Waals surface area (Å²) in [6.45, 7) is 12.5. The lowest BCUT2D eigenvalue weighted by atomic mass is 10.1. The predicted octanol–water partition coefficient (Wildman–Crippen LogP) is 8.07. The zero-order chi connectivity index (χ0) is 30.3. The van der Waals surface area contributed by atoms with Crippen molar-refractivity contribution in [1.29, 1.82) is 0 Å². The predicted molar refractivity (Wildman–Crippen MR) is 170 cm³/mol. The van der Waals surface area contributed by atoms with Crippen LogP contribution in [0.4, 0.5) is 15.0 Å². The van der Waals surface area contributed by atoms with E-state index in [9.17, 15) is 9.18 Å². The number of anilines is 1. The number of hydrogen-bond donors (Lipinski definition) is 1. The fourth-order valence-corrected chi connectivity index (χ4v) is 5.41. The van der Waals surface area contributed by atoms with E-state index >= 15 is 0 Å². The summed E-state index contributed by atoms with van der Waals surface area (Å²) >= 11 is 3.79. The molecule has 1 aliphatic heterocycles. The molecule has 2 atom stereocenters. The Kier molecular flexibility index (Phi) is 11.1. The van der Waals surface area contributed by atoms with Gasteiger partial charge in [0.2, 0.25) is 0 Å². The monoisotopic (exact) mass is 645 g/mol. The van der Waals surface area contributed by atoms with Crippen LogP contribution in [0.2, 0.25) is 0 Å². The molecule has 0 aliphatic carbocycles. The molecule has 0 radical (unpaired) electrons. The molecule has 2 aromatic heterocycles. The Morgan fingerprint density at radius 1 is 1.10 bits per heavy atom. The first-order valence-electron chi connectivity index (χ1n) is 13.5. The fraction of sp³-hybridized carbons (Fsp3) is 0.367. The molecule has 2 N–H and O–H groups in total. The highest BCUT2D eigenvalue weighted by molar-refractivity contribution is 9.10. The molecule has 2 unspecified atom stereocenters. The molecular formula is C30H38BrFN5O3P. The maximum absolute atomic E-state index is 13.5. The van der Waals surface area contributed by atoms with Crippen LogP contribution in [-0.4, -0.2) is 50.9 Å². The van der Waals surface area contributed by atoms with Gasteiger partial charge in [-0.1, -0.05) is 38.7 Å². The lowest BCUT2D eigenvalue weighted by molar-refractivity contribution is 0.0289. The Morgan fingerprint density at radius 3 is 2.41 bits per heavy atom. The quantitative estimate of drug-likeness (QED) is 0.225. The van der Waals surface area contributed by atoms with E-state index in [1.807, 2.05) is 65.5 Å². The number of fused-ring (bicyclic) bond motifs is 1. The van der Waals surface area contributed by atoms with Crippen LogP contribution in [-0.2, 0) is 4.74 Å². The van der Waals surface area contributed by atoms with Gasteiger partial charge in [-0.25, -0.2) is 19.2 Å². The first-order chi connectivity index (χ1) is 19.6. The van der Waals surface area contributed by atoms with Crippen LogP contribution in [0.15, 0.2) is 59.5 Å². The molecule has 1 aliphatic rings. The molecule has 0 bridgehead atoms. The number of benzene rings is 2. The molecule has 3 heterocycles. The summed E-state index contributed by atoms with van der Waals surface area (Å²) in [7, 11) is 2.42. The number of amides is 1. The Labute approximate surface area is 251 Å². The second-order valence-electron chi connectivity index (χ2n) is 9.95. The first kappa shape index (κ1) is 32.3. The minimum absolute atomic E-state index is 0.0250. The van der Waals surface area contributed by atoms with E-state index in [0.29, 0.717) is 36.1 Å². The van der Waals surface area contributed by atoms with Crippen LogP contribution in [0.3, 0.4) is 0 Å². The number of ether oxygens (including phenoxy) is 2. The minimum Gasteiger partial charge on any atom is -0.457 e. The maximum Gasteiger partial charge on any atom is 0.410 e. The molecule has 1 saturated heterocycles. The van der Waals surface area contributed by atoms with Gasteiger partial charge in [-0.15, -0.1) is 9.24 Å². The van der Waals surface area contributed by atoms with Crippen molar-refractivity contribution < 1.29 is 18.7 Å². The van der Waals surface area contributed by atoms with E-state index in [2.05, 4.69) is 39.7 Å². The number of carbonyl (C=O) groups is 1. The number of likely N-dealkylation sites (tertiary alicyclic amines) is 1. The lowest BCUT2D eigenvalue weighted by Crippen LogP contribution is -2.35. The lowest BCUT2D eigenvalue weighted by Gasteiger charge is -2.24. The number of carbonyl (C=O) groups excluding carboxylic acids is 1. The molecule has 4 aromatic rings. The van der Waals surface area contributed by atoms with Crippen molar-refractivity contribution >= 4 is 48.1 Å². The van der Waals surface area contributed by atoms with E-state index in [1.165, 1.54) is 18.5 Å². The Morgan fingerprint density at radius 2 is 1.78 bits per heavy atom. The summed E-state index contributed by atoms with van der Waals surface area (Å²) in [6, 6.07) is 13.4. The third kappa shape index (κ3) is 7.54. The van der Waals surface area contributed by atoms with Crippen LogP contribution in [0.5, 0.6) is 11.5 Å². The normalized spacial score (nSPS) is 14.6. The van der Waals surface area contributed by atoms with E-state index in [0.717, 1.165) is 27.5 Å². The van der Waals surface area contributed by atoms with Gasteiger partial charge in [0.25, 0.3) is 0 Å². The summed E-state index contributed by atoms with van der Waals surface area (Å²) < 4.78 is 27.7. The van der Waals surface area contributed by atoms with Crippen molar-refractivity contribution in [3.63, 3.8) is 0 Å². The summed E-state index contributed by atoms with van der Waals surface area (Å²) in [6.07, 6.45) is 1.86. The van der Waals surface area contributed by atoms with E-state index in [1.54, 1.807) is 17.0 Å². The third-order valence-electron chi connectivity index (χ3n) is 6.11. The molecule has 41 heavy (non-hydrogen) atoms. The Balaban J connectivity index is 0.00000111. The summed E-state index contributed by atoms with van der Waals surface area (Å²) in [5.41, 5.74) is 8.19. The molecule has 5 rings (SSSR count). The summed E-state index contributed by atoms with van der Waals surface area (Å²) in [5, 5.41) is 0.726. The average molecular weight is 647 g/mol. The van der Waals surface area contributed by atoms with Crippen LogP contribution < -0.4 is 10.5 Å². The number of rotatable bonds is 4. The van der Waals surface area contributed by atoms with E-state index < -0.39 is 5.60 Å². The van der Waals surface area contributed by atoms with Crippen molar-refractivity contribution in [2.75, 3.05) is 25.5 Å². The molecule has 1 amide bonds. The maximum atomic E-state index is 13.5. The number of nitrogens with zero attached hydrogens (tertiary/aromatic N) is 4. The van der Waals surface area contributed by atoms with Gasteiger partial charge in [0, 0.05) is 24.7 Å². The van der Waals surface area contributed by atoms with Gasteiger partial charge in [0.1, 0.15) is 40.7 Å². The van der Waals surface area contributed by atoms with Crippen molar-refractivity contribution in [2.24, 2.45) is 0 Å². The third-order valence-corrected chi connectivity index (χ3v) is 6.89. The molecule has 2 aromatic carbocycles. The van der Waals surface area contributed by atoms with Gasteiger partial charge in [-0.3, -0.25) is 0 Å². The molecule has 8 nitrogen and oxygen atoms in total. The fourth-order valence-electron chi connectivity index (χ4n) is 4.53. The molecular weight excluding hydrogens is 608 g/mol.